The summed E-state index contributed by atoms with van der Waals surface area (Å²) in [6.45, 7) is 0.747. The summed E-state index contributed by atoms with van der Waals surface area (Å²) in [5, 5.41) is 2.24. The number of amides is 1. The van der Waals surface area contributed by atoms with Crippen LogP contribution in [0.3, 0.4) is 0 Å². The fourth-order valence-corrected chi connectivity index (χ4v) is 4.76. The Morgan fingerprint density at radius 1 is 1.00 bits per heavy atom. The molecule has 1 saturated heterocycles. The standard InChI is InChI=1S/C24H29NO5/c1-27-18-8-7-15-10-16(11-17-6-5-9-25(17)24(26)30-4)20-13-22(28-2)23(29-3)14-21(20)19(15)12-18/h10,12-14,17H,5-9,11H2,1-4H3/t17-/m0/s1. The molecule has 0 radical (unpaired) electrons. The largest absolute Gasteiger partial charge is 0.501 e. The Balaban J connectivity index is 1.85. The molecular formula is C24H29NO5. The first-order chi connectivity index (χ1) is 14.6. The van der Waals surface area contributed by atoms with Crippen molar-refractivity contribution in [2.24, 2.45) is 0 Å². The predicted octanol–water partition coefficient (Wildman–Crippen LogP) is 4.56. The second-order valence-electron chi connectivity index (χ2n) is 7.84. The van der Waals surface area contributed by atoms with Crippen molar-refractivity contribution in [1.82, 2.24) is 4.90 Å². The highest BCUT2D eigenvalue weighted by Crippen LogP contribution is 2.40. The lowest BCUT2D eigenvalue weighted by Gasteiger charge is -2.26. The van der Waals surface area contributed by atoms with Gasteiger partial charge in [0.2, 0.25) is 0 Å². The Morgan fingerprint density at radius 3 is 2.40 bits per heavy atom. The molecule has 0 bridgehead atoms. The number of benzene rings is 2. The molecule has 1 aliphatic carbocycles. The maximum Gasteiger partial charge on any atom is 0.409 e. The molecule has 2 aromatic rings. The molecule has 1 fully saturated rings. The van der Waals surface area contributed by atoms with Crippen molar-refractivity contribution in [3.8, 4) is 11.5 Å². The molecule has 0 unspecified atom stereocenters. The second kappa shape index (κ2) is 8.46. The first-order valence-corrected chi connectivity index (χ1v) is 10.4. The summed E-state index contributed by atoms with van der Waals surface area (Å²) in [7, 11) is 6.48. The third kappa shape index (κ3) is 3.55. The van der Waals surface area contributed by atoms with Gasteiger partial charge < -0.3 is 23.8 Å². The number of aryl methyl sites for hydroxylation is 1. The summed E-state index contributed by atoms with van der Waals surface area (Å²) in [5.41, 5.74) is 3.70. The molecule has 1 heterocycles. The van der Waals surface area contributed by atoms with Gasteiger partial charge in [-0.3, -0.25) is 0 Å². The number of rotatable bonds is 5. The van der Waals surface area contributed by atoms with Gasteiger partial charge in [0.05, 0.1) is 34.2 Å². The van der Waals surface area contributed by atoms with E-state index in [9.17, 15) is 4.79 Å². The van der Waals surface area contributed by atoms with Gasteiger partial charge in [-0.15, -0.1) is 0 Å². The Labute approximate surface area is 177 Å². The second-order valence-corrected chi connectivity index (χ2v) is 7.84. The quantitative estimate of drug-likeness (QED) is 0.722. The number of hydrogen-bond donors (Lipinski definition) is 0. The summed E-state index contributed by atoms with van der Waals surface area (Å²) in [5.74, 6) is 2.40. The van der Waals surface area contributed by atoms with Crippen molar-refractivity contribution in [3.05, 3.63) is 40.6 Å². The molecule has 1 atom stereocenters. The number of methoxy groups -OCH3 is 4. The van der Waals surface area contributed by atoms with Crippen LogP contribution in [0.4, 0.5) is 4.79 Å². The molecule has 0 N–H and O–H groups in total. The van der Waals surface area contributed by atoms with Gasteiger partial charge in [-0.05, 0) is 71.4 Å². The molecule has 30 heavy (non-hydrogen) atoms. The van der Waals surface area contributed by atoms with Gasteiger partial charge in [-0.1, -0.05) is 6.07 Å². The van der Waals surface area contributed by atoms with E-state index in [1.807, 2.05) is 4.90 Å². The van der Waals surface area contributed by atoms with Gasteiger partial charge >= 0.3 is 6.09 Å². The molecule has 0 aromatic heterocycles. The van der Waals surface area contributed by atoms with Crippen LogP contribution in [0.5, 0.6) is 11.5 Å². The maximum atomic E-state index is 12.2. The summed E-state index contributed by atoms with van der Waals surface area (Å²) < 4.78 is 21.7. The van der Waals surface area contributed by atoms with Crippen molar-refractivity contribution in [2.75, 3.05) is 35.0 Å². The lowest BCUT2D eigenvalue weighted by Crippen LogP contribution is -2.36. The highest BCUT2D eigenvalue weighted by Gasteiger charge is 2.30. The fraction of sp³-hybridized carbons (Fsp3) is 0.458. The van der Waals surface area contributed by atoms with Crippen LogP contribution in [0.25, 0.3) is 16.8 Å². The van der Waals surface area contributed by atoms with Crippen LogP contribution in [0.1, 0.15) is 36.0 Å². The Bertz CT molecular complexity index is 997. The lowest BCUT2D eigenvalue weighted by molar-refractivity contribution is 0.119. The zero-order chi connectivity index (χ0) is 21.3. The highest BCUT2D eigenvalue weighted by molar-refractivity contribution is 5.97. The average Bonchev–Trinajstić information content (AvgIpc) is 3.25. The first-order valence-electron chi connectivity index (χ1n) is 10.4. The van der Waals surface area contributed by atoms with Crippen LogP contribution in [0, 0.1) is 0 Å². The van der Waals surface area contributed by atoms with E-state index in [-0.39, 0.29) is 12.1 Å². The minimum atomic E-state index is -0.244. The van der Waals surface area contributed by atoms with Crippen molar-refractivity contribution in [3.63, 3.8) is 0 Å². The molecule has 1 aliphatic heterocycles. The van der Waals surface area contributed by atoms with Crippen LogP contribution < -0.4 is 9.47 Å². The zero-order valence-corrected chi connectivity index (χ0v) is 18.1. The Hall–Kier alpha value is -2.89. The van der Waals surface area contributed by atoms with Crippen LogP contribution in [0.15, 0.2) is 24.0 Å². The van der Waals surface area contributed by atoms with Crippen molar-refractivity contribution < 1.29 is 23.7 Å². The molecule has 160 valence electrons. The van der Waals surface area contributed by atoms with E-state index in [2.05, 4.69) is 24.3 Å². The average molecular weight is 411 g/mol. The summed E-state index contributed by atoms with van der Waals surface area (Å²) in [4.78, 5) is 14.1. The van der Waals surface area contributed by atoms with Crippen LogP contribution >= 0.6 is 0 Å². The minimum Gasteiger partial charge on any atom is -0.501 e. The fourth-order valence-electron chi connectivity index (χ4n) is 4.76. The number of likely N-dealkylation sites (tertiary alicyclic amines) is 1. The van der Waals surface area contributed by atoms with Crippen molar-refractivity contribution in [1.29, 1.82) is 0 Å². The minimum absolute atomic E-state index is 0.139. The Morgan fingerprint density at radius 2 is 1.73 bits per heavy atom. The monoisotopic (exact) mass is 411 g/mol. The molecule has 0 spiro atoms. The van der Waals surface area contributed by atoms with E-state index in [0.29, 0.717) is 11.5 Å². The van der Waals surface area contributed by atoms with Gasteiger partial charge in [-0.2, -0.15) is 0 Å². The molecule has 0 saturated carbocycles. The van der Waals surface area contributed by atoms with Crippen LogP contribution in [-0.4, -0.2) is 52.0 Å². The number of allylic oxidation sites excluding steroid dienone is 1. The molecule has 4 rings (SSSR count). The highest BCUT2D eigenvalue weighted by atomic mass is 16.5. The molecule has 6 heteroatoms. The van der Waals surface area contributed by atoms with Gasteiger partial charge in [0, 0.05) is 19.0 Å². The Kier molecular flexibility index (Phi) is 5.75. The van der Waals surface area contributed by atoms with E-state index in [0.717, 1.165) is 55.2 Å². The van der Waals surface area contributed by atoms with E-state index in [1.165, 1.54) is 23.8 Å². The number of carbonyl (C=O) groups excluding carboxylic acids is 1. The molecule has 1 amide bonds. The first kappa shape index (κ1) is 20.4. The maximum absolute atomic E-state index is 12.2. The van der Waals surface area contributed by atoms with E-state index >= 15 is 0 Å². The SMILES string of the molecule is COC(=O)N1CCC[C@H]1Cc1cc2c(c3cc(OC)c(OC)cc13)C=C(OC)CC2. The van der Waals surface area contributed by atoms with Crippen LogP contribution in [0.2, 0.25) is 0 Å². The van der Waals surface area contributed by atoms with Crippen molar-refractivity contribution in [2.45, 2.75) is 38.1 Å². The summed E-state index contributed by atoms with van der Waals surface area (Å²) >= 11 is 0. The van der Waals surface area contributed by atoms with Gasteiger partial charge in [-0.25, -0.2) is 4.79 Å². The third-order valence-electron chi connectivity index (χ3n) is 6.30. The number of carbonyl (C=O) groups is 1. The number of hydrogen-bond acceptors (Lipinski definition) is 5. The number of fused-ring (bicyclic) bond motifs is 3. The lowest BCUT2D eigenvalue weighted by atomic mass is 9.86. The topological polar surface area (TPSA) is 57.2 Å². The van der Waals surface area contributed by atoms with Crippen molar-refractivity contribution >= 4 is 22.9 Å². The van der Waals surface area contributed by atoms with Crippen LogP contribution in [-0.2, 0) is 22.3 Å². The molecule has 2 aliphatic rings. The van der Waals surface area contributed by atoms with E-state index in [1.54, 1.807) is 21.3 Å². The zero-order valence-electron chi connectivity index (χ0n) is 18.1. The third-order valence-corrected chi connectivity index (χ3v) is 6.30. The van der Waals surface area contributed by atoms with Gasteiger partial charge in [0.15, 0.2) is 11.5 Å². The summed E-state index contributed by atoms with van der Waals surface area (Å²) in [6.07, 6.45) is 6.47. The van der Waals surface area contributed by atoms with Gasteiger partial charge in [0.1, 0.15) is 0 Å². The normalized spacial score (nSPS) is 18.1. The molecule has 6 nitrogen and oxygen atoms in total. The molecule has 2 aromatic carbocycles. The van der Waals surface area contributed by atoms with E-state index < -0.39 is 0 Å². The summed E-state index contributed by atoms with van der Waals surface area (Å²) in [6, 6.07) is 6.54. The molecular weight excluding hydrogens is 382 g/mol. The predicted molar refractivity (Wildman–Crippen MR) is 116 cm³/mol. The number of ether oxygens (including phenoxy) is 4. The van der Waals surface area contributed by atoms with E-state index in [4.69, 9.17) is 18.9 Å². The number of nitrogens with zero attached hydrogens (tertiary/aromatic N) is 1. The van der Waals surface area contributed by atoms with Gasteiger partial charge in [0.25, 0.3) is 0 Å². The smallest absolute Gasteiger partial charge is 0.409 e.